The summed E-state index contributed by atoms with van der Waals surface area (Å²) in [7, 11) is 0. The number of nitrogens with two attached hydrogens (primary N) is 1. The fourth-order valence-corrected chi connectivity index (χ4v) is 2.78. The van der Waals surface area contributed by atoms with E-state index in [1.54, 1.807) is 0 Å². The van der Waals surface area contributed by atoms with Gasteiger partial charge in [0.1, 0.15) is 0 Å². The van der Waals surface area contributed by atoms with Crippen LogP contribution in [0.15, 0.2) is 0 Å². The lowest BCUT2D eigenvalue weighted by molar-refractivity contribution is 0.171. The molecule has 2 N–H and O–H groups in total. The fourth-order valence-electron chi connectivity index (χ4n) is 2.78. The van der Waals surface area contributed by atoms with Crippen molar-refractivity contribution in [3.8, 4) is 0 Å². The summed E-state index contributed by atoms with van der Waals surface area (Å²) in [5, 5.41) is 0. The Labute approximate surface area is 63.0 Å². The standard InChI is InChI=1S/C9H17N/c10-9-5-7-2-1-3-8(4-7)6-9/h7-9H,1-6,10H2/t7-,8?,9?/m1/s1. The highest BCUT2D eigenvalue weighted by atomic mass is 14.6. The van der Waals surface area contributed by atoms with Crippen LogP contribution >= 0.6 is 0 Å². The second-order valence-corrected chi connectivity index (χ2v) is 4.13. The molecule has 0 aromatic heterocycles. The van der Waals surface area contributed by atoms with Crippen LogP contribution in [0, 0.1) is 11.8 Å². The van der Waals surface area contributed by atoms with Crippen molar-refractivity contribution in [2.75, 3.05) is 0 Å². The molecule has 10 heavy (non-hydrogen) atoms. The molecule has 1 nitrogen and oxygen atoms in total. The lowest BCUT2D eigenvalue weighted by Crippen LogP contribution is -2.35. The molecular formula is C9H17N. The van der Waals surface area contributed by atoms with Crippen molar-refractivity contribution < 1.29 is 0 Å². The molecule has 0 aromatic rings. The molecule has 2 aliphatic rings. The van der Waals surface area contributed by atoms with Crippen molar-refractivity contribution in [2.45, 2.75) is 44.6 Å². The Bertz CT molecular complexity index is 106. The van der Waals surface area contributed by atoms with Crippen LogP contribution in [0.5, 0.6) is 0 Å². The summed E-state index contributed by atoms with van der Waals surface area (Å²) in [6.45, 7) is 0. The average Bonchev–Trinajstić information content (AvgIpc) is 1.85. The predicted octanol–water partition coefficient (Wildman–Crippen LogP) is 1.91. The molecule has 2 saturated carbocycles. The quantitative estimate of drug-likeness (QED) is 0.545. The van der Waals surface area contributed by atoms with Gasteiger partial charge in [-0.05, 0) is 31.1 Å². The van der Waals surface area contributed by atoms with E-state index in [9.17, 15) is 0 Å². The van der Waals surface area contributed by atoms with Crippen LogP contribution in [0.3, 0.4) is 0 Å². The van der Waals surface area contributed by atoms with E-state index in [1.165, 1.54) is 38.5 Å². The second kappa shape index (κ2) is 2.54. The van der Waals surface area contributed by atoms with E-state index in [-0.39, 0.29) is 0 Å². The topological polar surface area (TPSA) is 26.0 Å². The molecule has 2 bridgehead atoms. The molecule has 2 aliphatic carbocycles. The van der Waals surface area contributed by atoms with Gasteiger partial charge in [-0.3, -0.25) is 0 Å². The van der Waals surface area contributed by atoms with Gasteiger partial charge < -0.3 is 5.73 Å². The minimum absolute atomic E-state index is 0.545. The lowest BCUT2D eigenvalue weighted by atomic mass is 9.71. The predicted molar refractivity (Wildman–Crippen MR) is 42.7 cm³/mol. The Morgan fingerprint density at radius 2 is 1.50 bits per heavy atom. The largest absolute Gasteiger partial charge is 0.328 e. The van der Waals surface area contributed by atoms with Gasteiger partial charge in [-0.15, -0.1) is 0 Å². The average molecular weight is 139 g/mol. The van der Waals surface area contributed by atoms with E-state index in [0.29, 0.717) is 6.04 Å². The molecule has 2 rings (SSSR count). The summed E-state index contributed by atoms with van der Waals surface area (Å²) >= 11 is 0. The summed E-state index contributed by atoms with van der Waals surface area (Å²) in [5.41, 5.74) is 5.93. The van der Waals surface area contributed by atoms with E-state index in [4.69, 9.17) is 5.73 Å². The number of rotatable bonds is 0. The molecule has 0 amide bonds. The SMILES string of the molecule is NC1CC2CCC[C@@H](C1)C2. The van der Waals surface area contributed by atoms with Gasteiger partial charge >= 0.3 is 0 Å². The third kappa shape index (κ3) is 1.20. The van der Waals surface area contributed by atoms with Crippen molar-refractivity contribution in [1.82, 2.24) is 0 Å². The minimum atomic E-state index is 0.545. The van der Waals surface area contributed by atoms with Crippen LogP contribution in [0.1, 0.15) is 38.5 Å². The van der Waals surface area contributed by atoms with E-state index in [1.807, 2.05) is 0 Å². The first kappa shape index (κ1) is 6.66. The van der Waals surface area contributed by atoms with Gasteiger partial charge in [-0.2, -0.15) is 0 Å². The van der Waals surface area contributed by atoms with Crippen molar-refractivity contribution in [2.24, 2.45) is 17.6 Å². The molecule has 0 radical (unpaired) electrons. The maximum absolute atomic E-state index is 5.93. The Hall–Kier alpha value is -0.0400. The summed E-state index contributed by atoms with van der Waals surface area (Å²) in [6, 6.07) is 0.545. The van der Waals surface area contributed by atoms with Crippen LogP contribution in [0.2, 0.25) is 0 Å². The highest BCUT2D eigenvalue weighted by Gasteiger charge is 2.29. The first-order valence-corrected chi connectivity index (χ1v) is 4.60. The molecule has 2 fully saturated rings. The Morgan fingerprint density at radius 3 is 2.10 bits per heavy atom. The first-order valence-electron chi connectivity index (χ1n) is 4.60. The third-order valence-electron chi connectivity index (χ3n) is 3.16. The van der Waals surface area contributed by atoms with Gasteiger partial charge in [0.25, 0.3) is 0 Å². The van der Waals surface area contributed by atoms with Gasteiger partial charge in [0, 0.05) is 6.04 Å². The monoisotopic (exact) mass is 139 g/mol. The second-order valence-electron chi connectivity index (χ2n) is 4.13. The van der Waals surface area contributed by atoms with E-state index in [2.05, 4.69) is 0 Å². The van der Waals surface area contributed by atoms with Crippen molar-refractivity contribution in [3.05, 3.63) is 0 Å². The molecular weight excluding hydrogens is 122 g/mol. The smallest absolute Gasteiger partial charge is 0.00441 e. The highest BCUT2D eigenvalue weighted by Crippen LogP contribution is 2.38. The van der Waals surface area contributed by atoms with Gasteiger partial charge in [-0.1, -0.05) is 19.3 Å². The number of hydrogen-bond acceptors (Lipinski definition) is 1. The summed E-state index contributed by atoms with van der Waals surface area (Å²) in [6.07, 6.45) is 8.52. The summed E-state index contributed by atoms with van der Waals surface area (Å²) in [4.78, 5) is 0. The number of fused-ring (bicyclic) bond motifs is 2. The summed E-state index contributed by atoms with van der Waals surface area (Å²) in [5.74, 6) is 2.00. The molecule has 0 aromatic carbocycles. The Morgan fingerprint density at radius 1 is 0.900 bits per heavy atom. The van der Waals surface area contributed by atoms with Gasteiger partial charge in [0.15, 0.2) is 0 Å². The van der Waals surface area contributed by atoms with E-state index < -0.39 is 0 Å². The van der Waals surface area contributed by atoms with Crippen LogP contribution < -0.4 is 5.73 Å². The zero-order chi connectivity index (χ0) is 6.97. The summed E-state index contributed by atoms with van der Waals surface area (Å²) < 4.78 is 0. The van der Waals surface area contributed by atoms with E-state index in [0.717, 1.165) is 11.8 Å². The molecule has 3 atom stereocenters. The van der Waals surface area contributed by atoms with Gasteiger partial charge in [0.2, 0.25) is 0 Å². The fraction of sp³-hybridized carbons (Fsp3) is 1.00. The molecule has 0 heterocycles. The third-order valence-corrected chi connectivity index (χ3v) is 3.16. The Balaban J connectivity index is 1.98. The first-order chi connectivity index (χ1) is 4.84. The maximum Gasteiger partial charge on any atom is 0.00441 e. The molecule has 2 unspecified atom stereocenters. The van der Waals surface area contributed by atoms with Crippen LogP contribution in [-0.4, -0.2) is 6.04 Å². The van der Waals surface area contributed by atoms with Gasteiger partial charge in [0.05, 0.1) is 0 Å². The minimum Gasteiger partial charge on any atom is -0.328 e. The van der Waals surface area contributed by atoms with Crippen LogP contribution in [0.4, 0.5) is 0 Å². The molecule has 0 spiro atoms. The molecule has 1 heteroatoms. The molecule has 0 aliphatic heterocycles. The highest BCUT2D eigenvalue weighted by molar-refractivity contribution is 4.84. The normalized spacial score (nSPS) is 47.1. The van der Waals surface area contributed by atoms with Crippen molar-refractivity contribution >= 4 is 0 Å². The van der Waals surface area contributed by atoms with Crippen molar-refractivity contribution in [3.63, 3.8) is 0 Å². The van der Waals surface area contributed by atoms with Crippen molar-refractivity contribution in [1.29, 1.82) is 0 Å². The lowest BCUT2D eigenvalue weighted by Gasteiger charge is -2.37. The maximum atomic E-state index is 5.93. The van der Waals surface area contributed by atoms with E-state index >= 15 is 0 Å². The molecule has 0 saturated heterocycles. The zero-order valence-corrected chi connectivity index (χ0v) is 6.55. The van der Waals surface area contributed by atoms with Crippen LogP contribution in [0.25, 0.3) is 0 Å². The molecule has 58 valence electrons. The zero-order valence-electron chi connectivity index (χ0n) is 6.55. The van der Waals surface area contributed by atoms with Gasteiger partial charge in [-0.25, -0.2) is 0 Å². The van der Waals surface area contributed by atoms with Crippen LogP contribution in [-0.2, 0) is 0 Å². The Kier molecular flexibility index (Phi) is 1.69. The number of hydrogen-bond donors (Lipinski definition) is 1.